The zero-order valence-electron chi connectivity index (χ0n) is 15.3. The molecule has 0 radical (unpaired) electrons. The summed E-state index contributed by atoms with van der Waals surface area (Å²) in [6.45, 7) is 3.22. The van der Waals surface area contributed by atoms with Gasteiger partial charge in [0.15, 0.2) is 0 Å². The van der Waals surface area contributed by atoms with Crippen LogP contribution in [0.25, 0.3) is 11.0 Å². The van der Waals surface area contributed by atoms with Gasteiger partial charge in [-0.25, -0.2) is 9.97 Å². The monoisotopic (exact) mass is 367 g/mol. The van der Waals surface area contributed by atoms with Gasteiger partial charge in [0.1, 0.15) is 17.2 Å². The number of carbonyl (C=O) groups is 1. The standard InChI is InChI=1S/C18H21N7O2/c1-24(2)17(26)14-9-12-10-20-18(23-16(12)21-14)22-15-4-3-13(11-19-15)25-5-7-27-8-6-25/h3-4,9-11H,5-8H2,1-2H3,(H2,19,20,21,22,23). The van der Waals surface area contributed by atoms with Crippen LogP contribution in [-0.4, -0.2) is 71.1 Å². The first kappa shape index (κ1) is 17.2. The summed E-state index contributed by atoms with van der Waals surface area (Å²) in [6.07, 6.45) is 3.50. The summed E-state index contributed by atoms with van der Waals surface area (Å²) in [4.78, 5) is 32.0. The van der Waals surface area contributed by atoms with E-state index in [1.807, 2.05) is 18.3 Å². The third-order valence-electron chi connectivity index (χ3n) is 4.37. The maximum atomic E-state index is 12.1. The van der Waals surface area contributed by atoms with Crippen molar-refractivity contribution in [2.24, 2.45) is 0 Å². The number of amides is 1. The molecular weight excluding hydrogens is 346 g/mol. The van der Waals surface area contributed by atoms with Crippen LogP contribution < -0.4 is 10.2 Å². The van der Waals surface area contributed by atoms with Crippen molar-refractivity contribution in [3.8, 4) is 0 Å². The minimum atomic E-state index is -0.108. The quantitative estimate of drug-likeness (QED) is 0.723. The van der Waals surface area contributed by atoms with Crippen LogP contribution in [0.2, 0.25) is 0 Å². The Morgan fingerprint density at radius 3 is 2.74 bits per heavy atom. The van der Waals surface area contributed by atoms with Gasteiger partial charge >= 0.3 is 0 Å². The number of nitrogens with zero attached hydrogens (tertiary/aromatic N) is 5. The number of pyridine rings is 1. The lowest BCUT2D eigenvalue weighted by Crippen LogP contribution is -2.36. The Balaban J connectivity index is 1.50. The van der Waals surface area contributed by atoms with Crippen LogP contribution in [0, 0.1) is 0 Å². The number of aromatic nitrogens is 4. The summed E-state index contributed by atoms with van der Waals surface area (Å²) in [5.74, 6) is 0.963. The summed E-state index contributed by atoms with van der Waals surface area (Å²) in [6, 6.07) is 5.66. The molecular formula is C18H21N7O2. The topological polar surface area (TPSA) is 99.3 Å². The van der Waals surface area contributed by atoms with E-state index in [1.165, 1.54) is 4.90 Å². The SMILES string of the molecule is CN(C)C(=O)c1cc2cnc(Nc3ccc(N4CCOCC4)cn3)nc2[nH]1. The van der Waals surface area contributed by atoms with E-state index in [4.69, 9.17) is 4.74 Å². The molecule has 9 nitrogen and oxygen atoms in total. The summed E-state index contributed by atoms with van der Waals surface area (Å²) >= 11 is 0. The molecule has 4 heterocycles. The molecule has 27 heavy (non-hydrogen) atoms. The zero-order chi connectivity index (χ0) is 18.8. The van der Waals surface area contributed by atoms with Crippen molar-refractivity contribution in [2.45, 2.75) is 0 Å². The molecule has 4 rings (SSSR count). The summed E-state index contributed by atoms with van der Waals surface area (Å²) < 4.78 is 5.37. The second kappa shape index (κ2) is 7.20. The summed E-state index contributed by atoms with van der Waals surface area (Å²) in [7, 11) is 3.41. The van der Waals surface area contributed by atoms with Crippen LogP contribution in [0.5, 0.6) is 0 Å². The van der Waals surface area contributed by atoms with E-state index in [-0.39, 0.29) is 5.91 Å². The van der Waals surface area contributed by atoms with Crippen LogP contribution in [0.15, 0.2) is 30.6 Å². The predicted octanol–water partition coefficient (Wildman–Crippen LogP) is 1.63. The minimum Gasteiger partial charge on any atom is -0.378 e. The van der Waals surface area contributed by atoms with Crippen molar-refractivity contribution in [3.63, 3.8) is 0 Å². The molecule has 0 unspecified atom stereocenters. The Kier molecular flexibility index (Phi) is 4.59. The number of hydrogen-bond donors (Lipinski definition) is 2. The normalized spacial score (nSPS) is 14.4. The Morgan fingerprint density at radius 1 is 1.22 bits per heavy atom. The molecule has 3 aromatic rings. The first-order valence-corrected chi connectivity index (χ1v) is 8.73. The van der Waals surface area contributed by atoms with E-state index < -0.39 is 0 Å². The number of rotatable bonds is 4. The fourth-order valence-corrected chi connectivity index (χ4v) is 2.92. The Morgan fingerprint density at radius 2 is 2.04 bits per heavy atom. The number of anilines is 3. The van der Waals surface area contributed by atoms with Crippen LogP contribution in [0.4, 0.5) is 17.5 Å². The molecule has 1 aliphatic heterocycles. The maximum Gasteiger partial charge on any atom is 0.269 e. The van der Waals surface area contributed by atoms with Crippen molar-refractivity contribution < 1.29 is 9.53 Å². The van der Waals surface area contributed by atoms with Crippen LogP contribution in [0.1, 0.15) is 10.5 Å². The first-order chi connectivity index (χ1) is 13.1. The molecule has 140 valence electrons. The minimum absolute atomic E-state index is 0.108. The molecule has 3 aromatic heterocycles. The maximum absolute atomic E-state index is 12.1. The highest BCUT2D eigenvalue weighted by molar-refractivity contribution is 5.97. The van der Waals surface area contributed by atoms with E-state index in [0.717, 1.165) is 37.4 Å². The van der Waals surface area contributed by atoms with E-state index >= 15 is 0 Å². The molecule has 1 fully saturated rings. The van der Waals surface area contributed by atoms with Crippen molar-refractivity contribution in [1.82, 2.24) is 24.8 Å². The Hall–Kier alpha value is -3.20. The largest absolute Gasteiger partial charge is 0.378 e. The molecule has 0 saturated carbocycles. The number of fused-ring (bicyclic) bond motifs is 1. The Labute approximate surface area is 156 Å². The van der Waals surface area contributed by atoms with Crippen molar-refractivity contribution in [3.05, 3.63) is 36.3 Å². The molecule has 9 heteroatoms. The third-order valence-corrected chi connectivity index (χ3v) is 4.37. The third kappa shape index (κ3) is 3.68. The van der Waals surface area contributed by atoms with Gasteiger partial charge in [-0.1, -0.05) is 0 Å². The molecule has 1 aliphatic rings. The fraction of sp³-hybridized carbons (Fsp3) is 0.333. The lowest BCUT2D eigenvalue weighted by Gasteiger charge is -2.28. The highest BCUT2D eigenvalue weighted by atomic mass is 16.5. The van der Waals surface area contributed by atoms with Gasteiger partial charge in [0, 0.05) is 38.8 Å². The number of carbonyl (C=O) groups excluding carboxylic acids is 1. The van der Waals surface area contributed by atoms with E-state index in [1.54, 1.807) is 26.4 Å². The number of nitrogens with one attached hydrogen (secondary N) is 2. The second-order valence-electron chi connectivity index (χ2n) is 6.51. The van der Waals surface area contributed by atoms with Crippen molar-refractivity contribution in [2.75, 3.05) is 50.6 Å². The Bertz CT molecular complexity index is 946. The van der Waals surface area contributed by atoms with E-state index in [0.29, 0.717) is 23.1 Å². The highest BCUT2D eigenvalue weighted by Gasteiger charge is 2.14. The molecule has 0 aliphatic carbocycles. The molecule has 0 bridgehead atoms. The molecule has 0 spiro atoms. The summed E-state index contributed by atoms with van der Waals surface area (Å²) in [5.41, 5.74) is 2.15. The van der Waals surface area contributed by atoms with Gasteiger partial charge in [-0.3, -0.25) is 4.79 Å². The number of ether oxygens (including phenoxy) is 1. The molecule has 1 amide bonds. The van der Waals surface area contributed by atoms with Crippen LogP contribution in [0.3, 0.4) is 0 Å². The van der Waals surface area contributed by atoms with Gasteiger partial charge in [0.2, 0.25) is 5.95 Å². The van der Waals surface area contributed by atoms with Gasteiger partial charge < -0.3 is 24.8 Å². The lowest BCUT2D eigenvalue weighted by molar-refractivity contribution is 0.0823. The second-order valence-corrected chi connectivity index (χ2v) is 6.51. The van der Waals surface area contributed by atoms with Crippen molar-refractivity contribution >= 4 is 34.4 Å². The van der Waals surface area contributed by atoms with Gasteiger partial charge in [-0.15, -0.1) is 0 Å². The van der Waals surface area contributed by atoms with E-state index in [2.05, 4.69) is 30.2 Å². The number of H-pyrrole nitrogens is 1. The van der Waals surface area contributed by atoms with Crippen molar-refractivity contribution in [1.29, 1.82) is 0 Å². The fourth-order valence-electron chi connectivity index (χ4n) is 2.92. The van der Waals surface area contributed by atoms with Gasteiger partial charge in [-0.2, -0.15) is 4.98 Å². The predicted molar refractivity (Wildman–Crippen MR) is 102 cm³/mol. The lowest BCUT2D eigenvalue weighted by atomic mass is 10.3. The van der Waals surface area contributed by atoms with Crippen LogP contribution >= 0.6 is 0 Å². The van der Waals surface area contributed by atoms with Gasteiger partial charge in [0.25, 0.3) is 5.91 Å². The average molecular weight is 367 g/mol. The number of hydrogen-bond acceptors (Lipinski definition) is 7. The van der Waals surface area contributed by atoms with E-state index in [9.17, 15) is 4.79 Å². The number of aromatic amines is 1. The van der Waals surface area contributed by atoms with Crippen LogP contribution in [-0.2, 0) is 4.74 Å². The number of morpholine rings is 1. The van der Waals surface area contributed by atoms with Gasteiger partial charge in [-0.05, 0) is 18.2 Å². The highest BCUT2D eigenvalue weighted by Crippen LogP contribution is 2.20. The smallest absolute Gasteiger partial charge is 0.269 e. The molecule has 2 N–H and O–H groups in total. The zero-order valence-corrected chi connectivity index (χ0v) is 15.3. The molecule has 0 atom stereocenters. The average Bonchev–Trinajstić information content (AvgIpc) is 3.12. The molecule has 0 aromatic carbocycles. The van der Waals surface area contributed by atoms with Gasteiger partial charge in [0.05, 0.1) is 25.1 Å². The first-order valence-electron chi connectivity index (χ1n) is 8.73. The summed E-state index contributed by atoms with van der Waals surface area (Å²) in [5, 5.41) is 3.87. The molecule has 1 saturated heterocycles.